The zero-order valence-corrected chi connectivity index (χ0v) is 11.2. The largest absolute Gasteiger partial charge is 0.493 e. The smallest absolute Gasteiger partial charge is 0.419 e. The minimum Gasteiger partial charge on any atom is -0.493 e. The van der Waals surface area contributed by atoms with Crippen LogP contribution in [0.3, 0.4) is 0 Å². The summed E-state index contributed by atoms with van der Waals surface area (Å²) in [5.41, 5.74) is 4.77. The summed E-state index contributed by atoms with van der Waals surface area (Å²) in [7, 11) is 0. The molecule has 0 saturated carbocycles. The van der Waals surface area contributed by atoms with Crippen molar-refractivity contribution in [3.8, 4) is 5.75 Å². The highest BCUT2D eigenvalue weighted by Gasteiger charge is 2.35. The SMILES string of the molecule is CC(N)Cc1ccc(OCCC(F)(F)F)c(C(F)(F)F)c1. The first-order chi connectivity index (χ1) is 9.49. The molecule has 1 rings (SSSR count). The molecule has 1 aromatic rings. The summed E-state index contributed by atoms with van der Waals surface area (Å²) in [4.78, 5) is 0. The van der Waals surface area contributed by atoms with Gasteiger partial charge in [0.1, 0.15) is 5.75 Å². The first-order valence-corrected chi connectivity index (χ1v) is 6.14. The van der Waals surface area contributed by atoms with Crippen LogP contribution < -0.4 is 10.5 Å². The number of benzene rings is 1. The lowest BCUT2D eigenvalue weighted by atomic mass is 10.0. The van der Waals surface area contributed by atoms with Crippen molar-refractivity contribution >= 4 is 0 Å². The second-order valence-corrected chi connectivity index (χ2v) is 4.72. The minimum absolute atomic E-state index is 0.228. The molecule has 0 aliphatic heterocycles. The summed E-state index contributed by atoms with van der Waals surface area (Å²) in [6.45, 7) is 0.778. The predicted molar refractivity (Wildman–Crippen MR) is 65.0 cm³/mol. The maximum Gasteiger partial charge on any atom is 0.419 e. The van der Waals surface area contributed by atoms with E-state index in [9.17, 15) is 26.3 Å². The maximum absolute atomic E-state index is 12.9. The van der Waals surface area contributed by atoms with E-state index in [1.54, 1.807) is 6.92 Å². The Hall–Kier alpha value is -1.44. The first kappa shape index (κ1) is 17.6. The molecule has 0 fully saturated rings. The molecule has 0 bridgehead atoms. The van der Waals surface area contributed by atoms with Crippen LogP contribution in [0.15, 0.2) is 18.2 Å². The van der Waals surface area contributed by atoms with E-state index in [0.717, 1.165) is 12.1 Å². The van der Waals surface area contributed by atoms with Gasteiger partial charge in [-0.25, -0.2) is 0 Å². The van der Waals surface area contributed by atoms with Crippen molar-refractivity contribution in [3.63, 3.8) is 0 Å². The van der Waals surface area contributed by atoms with Crippen LogP contribution in [0.5, 0.6) is 5.75 Å². The molecule has 0 heterocycles. The van der Waals surface area contributed by atoms with Crippen LogP contribution in [0.25, 0.3) is 0 Å². The Morgan fingerprint density at radius 1 is 1.14 bits per heavy atom. The zero-order valence-electron chi connectivity index (χ0n) is 11.2. The van der Waals surface area contributed by atoms with Gasteiger partial charge in [0, 0.05) is 6.04 Å². The number of ether oxygens (including phenoxy) is 1. The van der Waals surface area contributed by atoms with Crippen molar-refractivity contribution in [3.05, 3.63) is 29.3 Å². The number of alkyl halides is 6. The topological polar surface area (TPSA) is 35.2 Å². The molecule has 0 spiro atoms. The molecule has 2 nitrogen and oxygen atoms in total. The van der Waals surface area contributed by atoms with E-state index in [1.165, 1.54) is 6.07 Å². The standard InChI is InChI=1S/C13H15F6NO/c1-8(20)6-9-2-3-11(10(7-9)13(17,18)19)21-5-4-12(14,15)16/h2-3,7-8H,4-6,20H2,1H3. The molecule has 8 heteroatoms. The molecule has 0 saturated heterocycles. The third-order valence-corrected chi connectivity index (χ3v) is 2.55. The third kappa shape index (κ3) is 6.24. The summed E-state index contributed by atoms with van der Waals surface area (Å²) >= 11 is 0. The molecule has 2 N–H and O–H groups in total. The second-order valence-electron chi connectivity index (χ2n) is 4.72. The molecular weight excluding hydrogens is 300 g/mol. The fraction of sp³-hybridized carbons (Fsp3) is 0.538. The van der Waals surface area contributed by atoms with Gasteiger partial charge in [-0.05, 0) is 31.0 Å². The van der Waals surface area contributed by atoms with Gasteiger partial charge in [0.05, 0.1) is 18.6 Å². The molecule has 120 valence electrons. The molecule has 1 aromatic carbocycles. The Balaban J connectivity index is 2.92. The third-order valence-electron chi connectivity index (χ3n) is 2.55. The number of nitrogens with two attached hydrogens (primary N) is 1. The molecule has 0 aliphatic rings. The molecule has 0 aromatic heterocycles. The summed E-state index contributed by atoms with van der Waals surface area (Å²) in [5.74, 6) is -0.611. The minimum atomic E-state index is -4.71. The van der Waals surface area contributed by atoms with Gasteiger partial charge in [-0.2, -0.15) is 26.3 Å². The van der Waals surface area contributed by atoms with Crippen LogP contribution in [0.2, 0.25) is 0 Å². The second kappa shape index (κ2) is 6.55. The number of hydrogen-bond acceptors (Lipinski definition) is 2. The van der Waals surface area contributed by atoms with Crippen molar-refractivity contribution in [2.75, 3.05) is 6.61 Å². The fourth-order valence-electron chi connectivity index (χ4n) is 1.70. The van der Waals surface area contributed by atoms with Crippen molar-refractivity contribution in [1.82, 2.24) is 0 Å². The van der Waals surface area contributed by atoms with Crippen LogP contribution in [0.4, 0.5) is 26.3 Å². The quantitative estimate of drug-likeness (QED) is 0.836. The number of hydrogen-bond donors (Lipinski definition) is 1. The van der Waals surface area contributed by atoms with Crippen molar-refractivity contribution in [1.29, 1.82) is 0 Å². The molecule has 1 unspecified atom stereocenters. The van der Waals surface area contributed by atoms with E-state index in [0.29, 0.717) is 5.56 Å². The van der Waals surface area contributed by atoms with Crippen LogP contribution in [-0.2, 0) is 12.6 Å². The zero-order chi connectivity index (χ0) is 16.3. The van der Waals surface area contributed by atoms with Crippen LogP contribution in [0, 0.1) is 0 Å². The van der Waals surface area contributed by atoms with Gasteiger partial charge < -0.3 is 10.5 Å². The van der Waals surface area contributed by atoms with E-state index < -0.39 is 36.7 Å². The van der Waals surface area contributed by atoms with Gasteiger partial charge in [-0.1, -0.05) is 6.07 Å². The average Bonchev–Trinajstić information content (AvgIpc) is 2.27. The van der Waals surface area contributed by atoms with Gasteiger partial charge in [0.2, 0.25) is 0 Å². The monoisotopic (exact) mass is 315 g/mol. The predicted octanol–water partition coefficient (Wildman–Crippen LogP) is 3.93. The Labute approximate surface area is 117 Å². The lowest BCUT2D eigenvalue weighted by Crippen LogP contribution is -2.19. The number of rotatable bonds is 5. The van der Waals surface area contributed by atoms with Gasteiger partial charge in [-0.3, -0.25) is 0 Å². The van der Waals surface area contributed by atoms with Crippen molar-refractivity contribution in [2.24, 2.45) is 5.73 Å². The van der Waals surface area contributed by atoms with E-state index in [-0.39, 0.29) is 12.5 Å². The lowest BCUT2D eigenvalue weighted by Gasteiger charge is -2.16. The molecule has 0 radical (unpaired) electrons. The number of halogens is 6. The Morgan fingerprint density at radius 2 is 1.76 bits per heavy atom. The molecule has 1 atom stereocenters. The van der Waals surface area contributed by atoms with Gasteiger partial charge >= 0.3 is 12.4 Å². The summed E-state index contributed by atoms with van der Waals surface area (Å²) < 4.78 is 79.3. The van der Waals surface area contributed by atoms with Crippen LogP contribution in [0.1, 0.15) is 24.5 Å². The van der Waals surface area contributed by atoms with Gasteiger partial charge in [-0.15, -0.1) is 0 Å². The Morgan fingerprint density at radius 3 is 2.24 bits per heavy atom. The molecular formula is C13H15F6NO. The van der Waals surface area contributed by atoms with E-state index in [1.807, 2.05) is 0 Å². The lowest BCUT2D eigenvalue weighted by molar-refractivity contribution is -0.143. The van der Waals surface area contributed by atoms with Crippen molar-refractivity contribution < 1.29 is 31.1 Å². The van der Waals surface area contributed by atoms with Gasteiger partial charge in [0.25, 0.3) is 0 Å². The first-order valence-electron chi connectivity index (χ1n) is 6.14. The van der Waals surface area contributed by atoms with Crippen LogP contribution >= 0.6 is 0 Å². The van der Waals surface area contributed by atoms with E-state index in [4.69, 9.17) is 5.73 Å². The average molecular weight is 315 g/mol. The Bertz CT molecular complexity index is 467. The Kier molecular flexibility index (Phi) is 5.49. The highest BCUT2D eigenvalue weighted by Crippen LogP contribution is 2.37. The molecule has 21 heavy (non-hydrogen) atoms. The summed E-state index contributed by atoms with van der Waals surface area (Å²) in [6, 6.07) is 2.91. The maximum atomic E-state index is 12.9. The fourth-order valence-corrected chi connectivity index (χ4v) is 1.70. The van der Waals surface area contributed by atoms with E-state index in [2.05, 4.69) is 4.74 Å². The van der Waals surface area contributed by atoms with Gasteiger partial charge in [0.15, 0.2) is 0 Å². The molecule has 0 aliphatic carbocycles. The normalized spacial score (nSPS) is 14.1. The van der Waals surface area contributed by atoms with Crippen LogP contribution in [-0.4, -0.2) is 18.8 Å². The molecule has 0 amide bonds. The van der Waals surface area contributed by atoms with E-state index >= 15 is 0 Å². The highest BCUT2D eigenvalue weighted by atomic mass is 19.4. The summed E-state index contributed by atoms with van der Waals surface area (Å²) in [6.07, 6.45) is -10.3. The summed E-state index contributed by atoms with van der Waals surface area (Å²) in [5, 5.41) is 0. The van der Waals surface area contributed by atoms with Crippen molar-refractivity contribution in [2.45, 2.75) is 38.2 Å². The highest BCUT2D eigenvalue weighted by molar-refractivity contribution is 5.39.